The van der Waals surface area contributed by atoms with E-state index >= 15 is 0 Å². The smallest absolute Gasteiger partial charge is 0.262 e. The standard InChI is InChI=1S/C21H22N4O4S2/c26-18(12-29-20-19-16-4-3-5-17(16)30-21(19)23-13-22-20)24-14-6-8-15(9-7-14)31(27,28)25-10-1-2-11-25/h6-9,13H,1-5,10-12H2,(H,24,26). The molecule has 1 saturated heterocycles. The molecule has 1 aliphatic carbocycles. The largest absolute Gasteiger partial charge is 0.467 e. The van der Waals surface area contributed by atoms with Gasteiger partial charge in [-0.1, -0.05) is 0 Å². The van der Waals surface area contributed by atoms with Crippen molar-refractivity contribution >= 4 is 43.2 Å². The summed E-state index contributed by atoms with van der Waals surface area (Å²) in [7, 11) is -3.47. The van der Waals surface area contributed by atoms with Gasteiger partial charge in [0.05, 0.1) is 10.3 Å². The fourth-order valence-corrected chi connectivity index (χ4v) is 6.86. The number of fused-ring (bicyclic) bond motifs is 3. The number of ether oxygens (including phenoxy) is 1. The van der Waals surface area contributed by atoms with E-state index in [1.54, 1.807) is 23.5 Å². The van der Waals surface area contributed by atoms with Gasteiger partial charge in [-0.15, -0.1) is 11.3 Å². The van der Waals surface area contributed by atoms with Crippen LogP contribution in [0.15, 0.2) is 35.5 Å². The summed E-state index contributed by atoms with van der Waals surface area (Å²) in [5.74, 6) is 0.0976. The molecule has 1 aromatic carbocycles. The average Bonchev–Trinajstić information content (AvgIpc) is 3.50. The Morgan fingerprint density at radius 2 is 1.87 bits per heavy atom. The van der Waals surface area contributed by atoms with Crippen molar-refractivity contribution in [3.8, 4) is 5.88 Å². The van der Waals surface area contributed by atoms with Crippen molar-refractivity contribution in [1.82, 2.24) is 14.3 Å². The van der Waals surface area contributed by atoms with E-state index in [-0.39, 0.29) is 17.4 Å². The Labute approximate surface area is 184 Å². The van der Waals surface area contributed by atoms with Crippen molar-refractivity contribution in [2.75, 3.05) is 25.0 Å². The van der Waals surface area contributed by atoms with Gasteiger partial charge in [-0.3, -0.25) is 4.79 Å². The van der Waals surface area contributed by atoms with Gasteiger partial charge in [-0.2, -0.15) is 4.31 Å². The van der Waals surface area contributed by atoms with Crippen LogP contribution in [0, 0.1) is 0 Å². The Bertz CT molecular complexity index is 1230. The fourth-order valence-electron chi connectivity index (χ4n) is 4.13. The van der Waals surface area contributed by atoms with E-state index in [9.17, 15) is 13.2 Å². The summed E-state index contributed by atoms with van der Waals surface area (Å²) in [5.41, 5.74) is 1.75. The van der Waals surface area contributed by atoms with E-state index in [1.165, 1.54) is 33.2 Å². The number of hydrogen-bond donors (Lipinski definition) is 1. The SMILES string of the molecule is O=C(COc1ncnc2sc3c(c12)CCC3)Nc1ccc(S(=O)(=O)N2CCCC2)cc1. The summed E-state index contributed by atoms with van der Waals surface area (Å²) in [6.07, 6.45) is 6.40. The first-order valence-corrected chi connectivity index (χ1v) is 12.6. The molecule has 1 aliphatic heterocycles. The van der Waals surface area contributed by atoms with Gasteiger partial charge in [0.25, 0.3) is 5.91 Å². The minimum absolute atomic E-state index is 0.190. The zero-order valence-electron chi connectivity index (χ0n) is 16.8. The van der Waals surface area contributed by atoms with Crippen LogP contribution in [0.4, 0.5) is 5.69 Å². The second-order valence-electron chi connectivity index (χ2n) is 7.69. The lowest BCUT2D eigenvalue weighted by molar-refractivity contribution is -0.118. The highest BCUT2D eigenvalue weighted by atomic mass is 32.2. The van der Waals surface area contributed by atoms with Crippen molar-refractivity contribution in [3.05, 3.63) is 41.0 Å². The highest BCUT2D eigenvalue weighted by Gasteiger charge is 2.27. The van der Waals surface area contributed by atoms with E-state index in [0.29, 0.717) is 24.7 Å². The number of hydrogen-bond acceptors (Lipinski definition) is 7. The number of thiophene rings is 1. The Morgan fingerprint density at radius 1 is 1.10 bits per heavy atom. The van der Waals surface area contributed by atoms with E-state index in [0.717, 1.165) is 42.3 Å². The first kappa shape index (κ1) is 20.3. The topological polar surface area (TPSA) is 101 Å². The second-order valence-corrected chi connectivity index (χ2v) is 10.7. The van der Waals surface area contributed by atoms with Crippen LogP contribution >= 0.6 is 11.3 Å². The third-order valence-corrected chi connectivity index (χ3v) is 8.76. The van der Waals surface area contributed by atoms with E-state index in [1.807, 2.05) is 0 Å². The Kier molecular flexibility index (Phi) is 5.37. The molecule has 10 heteroatoms. The summed E-state index contributed by atoms with van der Waals surface area (Å²) in [4.78, 5) is 23.4. The number of benzene rings is 1. The molecular formula is C21H22N4O4S2. The summed E-state index contributed by atoms with van der Waals surface area (Å²) in [5, 5.41) is 3.66. The molecule has 0 bridgehead atoms. The van der Waals surface area contributed by atoms with Crippen LogP contribution in [-0.4, -0.2) is 48.3 Å². The molecule has 3 aromatic rings. The van der Waals surface area contributed by atoms with Crippen molar-refractivity contribution in [2.24, 2.45) is 0 Å². The highest BCUT2D eigenvalue weighted by molar-refractivity contribution is 7.89. The molecule has 8 nitrogen and oxygen atoms in total. The molecule has 162 valence electrons. The van der Waals surface area contributed by atoms with Crippen LogP contribution in [0.3, 0.4) is 0 Å². The lowest BCUT2D eigenvalue weighted by atomic mass is 10.2. The highest BCUT2D eigenvalue weighted by Crippen LogP contribution is 2.39. The molecule has 0 unspecified atom stereocenters. The zero-order valence-corrected chi connectivity index (χ0v) is 18.5. The minimum Gasteiger partial charge on any atom is -0.467 e. The second kappa shape index (κ2) is 8.18. The van der Waals surface area contributed by atoms with Gasteiger partial charge in [0.15, 0.2) is 6.61 Å². The molecule has 0 spiro atoms. The minimum atomic E-state index is -3.47. The fraction of sp³-hybridized carbons (Fsp3) is 0.381. The van der Waals surface area contributed by atoms with Gasteiger partial charge in [-0.05, 0) is 61.9 Å². The van der Waals surface area contributed by atoms with Crippen LogP contribution in [0.25, 0.3) is 10.2 Å². The van der Waals surface area contributed by atoms with Crippen LogP contribution in [0.5, 0.6) is 5.88 Å². The summed E-state index contributed by atoms with van der Waals surface area (Å²) < 4.78 is 32.4. The van der Waals surface area contributed by atoms with Gasteiger partial charge >= 0.3 is 0 Å². The lowest BCUT2D eigenvalue weighted by Crippen LogP contribution is -2.27. The molecule has 1 N–H and O–H groups in total. The quantitative estimate of drug-likeness (QED) is 0.609. The Balaban J connectivity index is 1.24. The van der Waals surface area contributed by atoms with E-state index in [4.69, 9.17) is 4.74 Å². The van der Waals surface area contributed by atoms with Gasteiger partial charge < -0.3 is 10.1 Å². The van der Waals surface area contributed by atoms with Gasteiger partial charge in [-0.25, -0.2) is 18.4 Å². The molecule has 1 fully saturated rings. The van der Waals surface area contributed by atoms with Crippen molar-refractivity contribution in [3.63, 3.8) is 0 Å². The van der Waals surface area contributed by atoms with E-state index < -0.39 is 10.0 Å². The van der Waals surface area contributed by atoms with Crippen LogP contribution in [-0.2, 0) is 27.7 Å². The number of amides is 1. The van der Waals surface area contributed by atoms with Crippen molar-refractivity contribution in [2.45, 2.75) is 37.0 Å². The number of nitrogens with one attached hydrogen (secondary N) is 1. The lowest BCUT2D eigenvalue weighted by Gasteiger charge is -2.15. The predicted molar refractivity (Wildman–Crippen MR) is 118 cm³/mol. The maximum absolute atomic E-state index is 12.6. The molecule has 31 heavy (non-hydrogen) atoms. The van der Waals surface area contributed by atoms with Crippen LogP contribution < -0.4 is 10.1 Å². The number of carbonyl (C=O) groups is 1. The van der Waals surface area contributed by atoms with Gasteiger partial charge in [0.2, 0.25) is 15.9 Å². The third kappa shape index (κ3) is 3.90. The third-order valence-electron chi connectivity index (χ3n) is 5.65. The number of carbonyl (C=O) groups excluding carboxylic acids is 1. The number of rotatable bonds is 6. The summed E-state index contributed by atoms with van der Waals surface area (Å²) in [6.45, 7) is 0.925. The monoisotopic (exact) mass is 458 g/mol. The van der Waals surface area contributed by atoms with Gasteiger partial charge in [0.1, 0.15) is 11.2 Å². The summed E-state index contributed by atoms with van der Waals surface area (Å²) >= 11 is 1.67. The Morgan fingerprint density at radius 3 is 2.65 bits per heavy atom. The molecule has 0 saturated carbocycles. The maximum Gasteiger partial charge on any atom is 0.262 e. The molecule has 3 heterocycles. The van der Waals surface area contributed by atoms with Gasteiger partial charge in [0, 0.05) is 23.7 Å². The number of anilines is 1. The zero-order chi connectivity index (χ0) is 21.4. The number of aryl methyl sites for hydroxylation is 2. The van der Waals surface area contributed by atoms with Crippen molar-refractivity contribution in [1.29, 1.82) is 0 Å². The molecule has 1 amide bonds. The molecule has 2 aromatic heterocycles. The molecule has 0 radical (unpaired) electrons. The van der Waals surface area contributed by atoms with Crippen molar-refractivity contribution < 1.29 is 17.9 Å². The first-order chi connectivity index (χ1) is 15.0. The first-order valence-electron chi connectivity index (χ1n) is 10.3. The normalized spacial score (nSPS) is 16.5. The average molecular weight is 459 g/mol. The number of sulfonamides is 1. The molecule has 2 aliphatic rings. The number of aromatic nitrogens is 2. The molecular weight excluding hydrogens is 436 g/mol. The van der Waals surface area contributed by atoms with Crippen LogP contribution in [0.2, 0.25) is 0 Å². The summed E-state index contributed by atoms with van der Waals surface area (Å²) in [6, 6.07) is 6.23. The maximum atomic E-state index is 12.6. The molecule has 0 atom stereocenters. The van der Waals surface area contributed by atoms with Crippen LogP contribution in [0.1, 0.15) is 29.7 Å². The Hall–Kier alpha value is -2.56. The predicted octanol–water partition coefficient (Wildman–Crippen LogP) is 2.98. The van der Waals surface area contributed by atoms with E-state index in [2.05, 4.69) is 15.3 Å². The molecule has 5 rings (SSSR count). The number of nitrogens with zero attached hydrogens (tertiary/aromatic N) is 3.